The van der Waals surface area contributed by atoms with Crippen LogP contribution >= 0.6 is 23.7 Å². The van der Waals surface area contributed by atoms with Crippen molar-refractivity contribution < 1.29 is 0 Å². The Morgan fingerprint density at radius 3 is 2.78 bits per heavy atom. The summed E-state index contributed by atoms with van der Waals surface area (Å²) in [6.45, 7) is 13.4. The summed E-state index contributed by atoms with van der Waals surface area (Å²) in [5.74, 6) is 0. The van der Waals surface area contributed by atoms with Crippen LogP contribution in [-0.2, 0) is 12.0 Å². The van der Waals surface area contributed by atoms with E-state index in [2.05, 4.69) is 42.9 Å². The third-order valence-corrected chi connectivity index (χ3v) is 4.68. The minimum atomic E-state index is 0. The molecule has 0 saturated carbocycles. The van der Waals surface area contributed by atoms with Crippen LogP contribution in [0.1, 0.15) is 37.6 Å². The summed E-state index contributed by atoms with van der Waals surface area (Å²) in [6.07, 6.45) is 2.05. The maximum atomic E-state index is 4.57. The van der Waals surface area contributed by atoms with Gasteiger partial charge in [0.15, 0.2) is 0 Å². The molecule has 0 amide bonds. The van der Waals surface area contributed by atoms with Crippen LogP contribution in [0.3, 0.4) is 0 Å². The Bertz CT molecular complexity index is 373. The molecule has 0 aliphatic carbocycles. The van der Waals surface area contributed by atoms with E-state index >= 15 is 0 Å². The second-order valence-electron chi connectivity index (χ2n) is 5.89. The molecule has 5 heteroatoms. The monoisotopic (exact) mass is 289 g/mol. The van der Waals surface area contributed by atoms with Crippen molar-refractivity contribution in [1.82, 2.24) is 15.2 Å². The molecule has 1 aromatic rings. The maximum absolute atomic E-state index is 4.57. The number of rotatable bonds is 2. The zero-order chi connectivity index (χ0) is 12.5. The van der Waals surface area contributed by atoms with Crippen molar-refractivity contribution in [2.45, 2.75) is 45.7 Å². The molecular formula is C13H24ClN3S. The largest absolute Gasteiger partial charge is 0.314 e. The first-order valence-corrected chi connectivity index (χ1v) is 7.18. The fraction of sp³-hybridized carbons (Fsp3) is 0.769. The van der Waals surface area contributed by atoms with Gasteiger partial charge in [0.05, 0.1) is 6.54 Å². The number of halogens is 1. The zero-order valence-corrected chi connectivity index (χ0v) is 13.3. The zero-order valence-electron chi connectivity index (χ0n) is 11.7. The lowest BCUT2D eigenvalue weighted by Gasteiger charge is -2.33. The summed E-state index contributed by atoms with van der Waals surface area (Å²) in [6, 6.07) is 0.616. The molecule has 1 fully saturated rings. The van der Waals surface area contributed by atoms with Crippen molar-refractivity contribution in [2.24, 2.45) is 0 Å². The molecule has 2 heterocycles. The van der Waals surface area contributed by atoms with Gasteiger partial charge in [0.2, 0.25) is 0 Å². The molecule has 2 rings (SSSR count). The third kappa shape index (κ3) is 3.92. The minimum absolute atomic E-state index is 0. The average Bonchev–Trinajstić information content (AvgIpc) is 2.69. The van der Waals surface area contributed by atoms with Gasteiger partial charge in [0.25, 0.3) is 0 Å². The predicted octanol–water partition coefficient (Wildman–Crippen LogP) is 2.66. The minimum Gasteiger partial charge on any atom is -0.314 e. The van der Waals surface area contributed by atoms with Gasteiger partial charge in [0, 0.05) is 36.8 Å². The topological polar surface area (TPSA) is 28.2 Å². The van der Waals surface area contributed by atoms with Crippen LogP contribution in [-0.4, -0.2) is 35.6 Å². The van der Waals surface area contributed by atoms with Crippen LogP contribution in [0.4, 0.5) is 0 Å². The molecule has 1 aliphatic rings. The van der Waals surface area contributed by atoms with Gasteiger partial charge in [-0.15, -0.1) is 23.7 Å². The van der Waals surface area contributed by atoms with Crippen LogP contribution in [0.15, 0.2) is 6.20 Å². The number of hydrogen-bond donors (Lipinski definition) is 1. The lowest BCUT2D eigenvalue weighted by molar-refractivity contribution is 0.165. The highest BCUT2D eigenvalue weighted by molar-refractivity contribution is 7.11. The van der Waals surface area contributed by atoms with Gasteiger partial charge in [-0.1, -0.05) is 20.8 Å². The van der Waals surface area contributed by atoms with E-state index in [4.69, 9.17) is 0 Å². The molecule has 0 spiro atoms. The Morgan fingerprint density at radius 1 is 1.50 bits per heavy atom. The summed E-state index contributed by atoms with van der Waals surface area (Å²) in [5, 5.41) is 4.67. The molecule has 1 aromatic heterocycles. The Morgan fingerprint density at radius 2 is 2.22 bits per heavy atom. The maximum Gasteiger partial charge on any atom is 0.107 e. The Kier molecular flexibility index (Phi) is 5.59. The Labute approximate surface area is 120 Å². The normalized spacial score (nSPS) is 21.7. The van der Waals surface area contributed by atoms with Gasteiger partial charge in [0.1, 0.15) is 5.01 Å². The molecular weight excluding hydrogens is 266 g/mol. The summed E-state index contributed by atoms with van der Waals surface area (Å²) in [5.41, 5.74) is 0.227. The lowest BCUT2D eigenvalue weighted by atomic mass is 9.96. The van der Waals surface area contributed by atoms with Gasteiger partial charge in [-0.25, -0.2) is 4.98 Å². The van der Waals surface area contributed by atoms with E-state index in [9.17, 15) is 0 Å². The molecule has 0 bridgehead atoms. The quantitative estimate of drug-likeness (QED) is 0.907. The van der Waals surface area contributed by atoms with E-state index < -0.39 is 0 Å². The molecule has 0 aromatic carbocycles. The molecule has 104 valence electrons. The molecule has 1 N–H and O–H groups in total. The molecule has 18 heavy (non-hydrogen) atoms. The highest BCUT2D eigenvalue weighted by Gasteiger charge is 2.21. The van der Waals surface area contributed by atoms with Gasteiger partial charge < -0.3 is 5.32 Å². The summed E-state index contributed by atoms with van der Waals surface area (Å²) >= 11 is 1.86. The summed E-state index contributed by atoms with van der Waals surface area (Å²) in [4.78, 5) is 8.47. The van der Waals surface area contributed by atoms with E-state index in [1.165, 1.54) is 9.88 Å². The smallest absolute Gasteiger partial charge is 0.107 e. The molecule has 0 unspecified atom stereocenters. The Hall–Kier alpha value is -0.160. The molecule has 1 atom stereocenters. The number of aromatic nitrogens is 1. The molecule has 1 saturated heterocycles. The van der Waals surface area contributed by atoms with Gasteiger partial charge in [-0.3, -0.25) is 4.90 Å². The van der Waals surface area contributed by atoms with Crippen molar-refractivity contribution >= 4 is 23.7 Å². The number of nitrogens with one attached hydrogen (secondary N) is 1. The van der Waals surface area contributed by atoms with Crippen molar-refractivity contribution in [3.8, 4) is 0 Å². The van der Waals surface area contributed by atoms with Crippen LogP contribution in [0.5, 0.6) is 0 Å². The number of hydrogen-bond acceptors (Lipinski definition) is 4. The highest BCUT2D eigenvalue weighted by atomic mass is 35.5. The fourth-order valence-electron chi connectivity index (χ4n) is 2.02. The SMILES string of the molecule is C[C@H]1CNCCN1Cc1ncc(C(C)(C)C)s1.Cl. The Balaban J connectivity index is 0.00000162. The van der Waals surface area contributed by atoms with Gasteiger partial charge >= 0.3 is 0 Å². The van der Waals surface area contributed by atoms with Crippen LogP contribution in [0.2, 0.25) is 0 Å². The number of thiazole rings is 1. The highest BCUT2D eigenvalue weighted by Crippen LogP contribution is 2.28. The van der Waals surface area contributed by atoms with E-state index in [1.54, 1.807) is 0 Å². The van der Waals surface area contributed by atoms with Crippen molar-refractivity contribution in [2.75, 3.05) is 19.6 Å². The standard InChI is InChI=1S/C13H23N3S.ClH/c1-10-7-14-5-6-16(10)9-12-15-8-11(17-12)13(2,3)4;/h8,10,14H,5-7,9H2,1-4H3;1H/t10-;/m0./s1. The van der Waals surface area contributed by atoms with E-state index in [-0.39, 0.29) is 17.8 Å². The van der Waals surface area contributed by atoms with Gasteiger partial charge in [-0.2, -0.15) is 0 Å². The second-order valence-corrected chi connectivity index (χ2v) is 7.01. The third-order valence-electron chi connectivity index (χ3n) is 3.27. The predicted molar refractivity (Wildman–Crippen MR) is 80.8 cm³/mol. The van der Waals surface area contributed by atoms with Crippen LogP contribution < -0.4 is 5.32 Å². The average molecular weight is 290 g/mol. The van der Waals surface area contributed by atoms with E-state index in [0.717, 1.165) is 26.2 Å². The molecule has 3 nitrogen and oxygen atoms in total. The summed E-state index contributed by atoms with van der Waals surface area (Å²) in [7, 11) is 0. The number of piperazine rings is 1. The first-order valence-electron chi connectivity index (χ1n) is 6.37. The number of nitrogens with zero attached hydrogens (tertiary/aromatic N) is 2. The van der Waals surface area contributed by atoms with Gasteiger partial charge in [-0.05, 0) is 12.3 Å². The summed E-state index contributed by atoms with van der Waals surface area (Å²) < 4.78 is 0. The molecule has 1 aliphatic heterocycles. The molecule has 0 radical (unpaired) electrons. The lowest BCUT2D eigenvalue weighted by Crippen LogP contribution is -2.49. The van der Waals surface area contributed by atoms with E-state index in [1.807, 2.05) is 17.5 Å². The van der Waals surface area contributed by atoms with Crippen LogP contribution in [0.25, 0.3) is 0 Å². The van der Waals surface area contributed by atoms with Crippen molar-refractivity contribution in [3.63, 3.8) is 0 Å². The first-order chi connectivity index (χ1) is 7.97. The van der Waals surface area contributed by atoms with E-state index in [0.29, 0.717) is 6.04 Å². The first kappa shape index (κ1) is 15.9. The van der Waals surface area contributed by atoms with Crippen molar-refractivity contribution in [3.05, 3.63) is 16.1 Å². The van der Waals surface area contributed by atoms with Crippen molar-refractivity contribution in [1.29, 1.82) is 0 Å². The second kappa shape index (κ2) is 6.33. The van der Waals surface area contributed by atoms with Crippen LogP contribution in [0, 0.1) is 0 Å². The fourth-order valence-corrected chi connectivity index (χ4v) is 3.02.